The van der Waals surface area contributed by atoms with Crippen LogP contribution in [0.5, 0.6) is 0 Å². The van der Waals surface area contributed by atoms with Crippen LogP contribution < -0.4 is 20.3 Å². The standard InChI is InChI=1S/C36H42N8O5S/c1-23(2)39-30(35(46)49-22-26-10-8-7-9-11-26)16-17-34(45)44(28-13-12-24(3)32(21-28)50(37,47)48)36-38-19-18-33(40-36)42(5)27-14-15-29-25(4)43(6)41-31(29)20-27/h7-15,18-21,23,30,39H,16-17,22H2,1-6H3,(H2,37,47,48)/t30-/m0/s1. The van der Waals surface area contributed by atoms with Crippen molar-refractivity contribution in [3.05, 3.63) is 95.8 Å². The van der Waals surface area contributed by atoms with Crippen molar-refractivity contribution in [2.75, 3.05) is 16.8 Å². The molecule has 0 radical (unpaired) electrons. The number of benzene rings is 3. The SMILES string of the molecule is Cc1ccc(N(C(=O)CC[C@H](NC(C)C)C(=O)OCc2ccccc2)c2nccc(N(C)c3ccc4c(C)n(C)nc4c3)n2)cc1S(N)(=O)=O. The molecule has 0 saturated heterocycles. The van der Waals surface area contributed by atoms with E-state index in [1.165, 1.54) is 17.2 Å². The van der Waals surface area contributed by atoms with Gasteiger partial charge in [0.1, 0.15) is 18.5 Å². The molecule has 0 saturated carbocycles. The molecule has 2 aromatic heterocycles. The summed E-state index contributed by atoms with van der Waals surface area (Å²) in [4.78, 5) is 39.5. The Morgan fingerprint density at radius 2 is 1.72 bits per heavy atom. The number of sulfonamides is 1. The second kappa shape index (κ2) is 15.2. The fraction of sp³-hybridized carbons (Fsp3) is 0.306. The summed E-state index contributed by atoms with van der Waals surface area (Å²) in [6, 6.07) is 20.6. The summed E-state index contributed by atoms with van der Waals surface area (Å²) in [5.41, 5.74) is 4.13. The molecule has 14 heteroatoms. The average Bonchev–Trinajstić information content (AvgIpc) is 3.37. The molecule has 0 unspecified atom stereocenters. The van der Waals surface area contributed by atoms with E-state index in [2.05, 4.69) is 15.4 Å². The van der Waals surface area contributed by atoms with Crippen molar-refractivity contribution in [1.82, 2.24) is 25.1 Å². The predicted molar refractivity (Wildman–Crippen MR) is 193 cm³/mol. The minimum atomic E-state index is -4.12. The van der Waals surface area contributed by atoms with E-state index in [1.54, 1.807) is 25.1 Å². The van der Waals surface area contributed by atoms with Crippen molar-refractivity contribution in [3.8, 4) is 0 Å². The van der Waals surface area contributed by atoms with Crippen molar-refractivity contribution in [2.24, 2.45) is 12.2 Å². The van der Waals surface area contributed by atoms with Crippen LogP contribution in [0.3, 0.4) is 0 Å². The van der Waals surface area contributed by atoms with E-state index in [0.717, 1.165) is 27.8 Å². The molecule has 0 bridgehead atoms. The summed E-state index contributed by atoms with van der Waals surface area (Å²) in [6.07, 6.45) is 1.50. The lowest BCUT2D eigenvalue weighted by molar-refractivity contribution is -0.148. The number of hydrogen-bond donors (Lipinski definition) is 2. The van der Waals surface area contributed by atoms with E-state index in [9.17, 15) is 18.0 Å². The fourth-order valence-corrected chi connectivity index (χ4v) is 6.38. The van der Waals surface area contributed by atoms with Gasteiger partial charge in [0.05, 0.1) is 16.1 Å². The van der Waals surface area contributed by atoms with Gasteiger partial charge in [-0.2, -0.15) is 10.1 Å². The maximum atomic E-state index is 14.2. The summed E-state index contributed by atoms with van der Waals surface area (Å²) < 4.78 is 32.4. The van der Waals surface area contributed by atoms with Gasteiger partial charge in [-0.25, -0.2) is 23.4 Å². The molecule has 1 atom stereocenters. The van der Waals surface area contributed by atoms with Gasteiger partial charge in [-0.1, -0.05) is 50.2 Å². The first-order chi connectivity index (χ1) is 23.7. The lowest BCUT2D eigenvalue weighted by atomic mass is 10.1. The van der Waals surface area contributed by atoms with Crippen LogP contribution in [-0.4, -0.2) is 59.2 Å². The van der Waals surface area contributed by atoms with Crippen LogP contribution in [0.25, 0.3) is 10.9 Å². The van der Waals surface area contributed by atoms with Crippen LogP contribution in [0.4, 0.5) is 23.1 Å². The lowest BCUT2D eigenvalue weighted by Gasteiger charge is -2.25. The minimum Gasteiger partial charge on any atom is -0.460 e. The number of carbonyl (C=O) groups is 2. The molecule has 50 heavy (non-hydrogen) atoms. The molecule has 0 aliphatic rings. The number of fused-ring (bicyclic) bond motifs is 1. The molecule has 262 valence electrons. The largest absolute Gasteiger partial charge is 0.460 e. The number of nitrogens with one attached hydrogen (secondary N) is 1. The molecule has 0 aliphatic carbocycles. The van der Waals surface area contributed by atoms with Gasteiger partial charge in [0, 0.05) is 49.5 Å². The Balaban J connectivity index is 1.46. The van der Waals surface area contributed by atoms with Gasteiger partial charge in [0.2, 0.25) is 21.9 Å². The highest BCUT2D eigenvalue weighted by atomic mass is 32.2. The monoisotopic (exact) mass is 698 g/mol. The molecular weight excluding hydrogens is 657 g/mol. The van der Waals surface area contributed by atoms with E-state index in [1.807, 2.05) is 93.0 Å². The Kier molecular flexibility index (Phi) is 10.9. The van der Waals surface area contributed by atoms with Gasteiger partial charge < -0.3 is 15.0 Å². The number of rotatable bonds is 13. The average molecular weight is 699 g/mol. The highest BCUT2D eigenvalue weighted by Crippen LogP contribution is 2.31. The zero-order valence-corrected chi connectivity index (χ0v) is 29.8. The van der Waals surface area contributed by atoms with Crippen molar-refractivity contribution in [3.63, 3.8) is 0 Å². The number of anilines is 4. The molecule has 5 rings (SSSR count). The van der Waals surface area contributed by atoms with Crippen LogP contribution in [0, 0.1) is 13.8 Å². The number of primary sulfonamides is 1. The third-order valence-electron chi connectivity index (χ3n) is 8.35. The number of ether oxygens (including phenoxy) is 1. The summed E-state index contributed by atoms with van der Waals surface area (Å²) >= 11 is 0. The Bertz CT molecular complexity index is 2120. The topological polar surface area (TPSA) is 166 Å². The van der Waals surface area contributed by atoms with Gasteiger partial charge in [-0.3, -0.25) is 14.3 Å². The molecule has 1 amide bonds. The van der Waals surface area contributed by atoms with E-state index in [-0.39, 0.29) is 42.0 Å². The zero-order valence-electron chi connectivity index (χ0n) is 29.0. The Labute approximate surface area is 292 Å². The van der Waals surface area contributed by atoms with Gasteiger partial charge >= 0.3 is 5.97 Å². The highest BCUT2D eigenvalue weighted by Gasteiger charge is 2.28. The van der Waals surface area contributed by atoms with Crippen molar-refractivity contribution in [2.45, 2.75) is 64.1 Å². The summed E-state index contributed by atoms with van der Waals surface area (Å²) in [6.45, 7) is 7.51. The maximum absolute atomic E-state index is 14.2. The number of aryl methyl sites for hydroxylation is 3. The van der Waals surface area contributed by atoms with Crippen LogP contribution in [-0.2, 0) is 38.0 Å². The molecule has 0 spiro atoms. The second-order valence-electron chi connectivity index (χ2n) is 12.4. The molecule has 3 aromatic carbocycles. The normalized spacial score (nSPS) is 12.2. The molecule has 5 aromatic rings. The number of nitrogens with zero attached hydrogens (tertiary/aromatic N) is 6. The lowest BCUT2D eigenvalue weighted by Crippen LogP contribution is -2.42. The predicted octanol–water partition coefficient (Wildman–Crippen LogP) is 4.95. The molecule has 0 fully saturated rings. The first-order valence-corrected chi connectivity index (χ1v) is 17.7. The van der Waals surface area contributed by atoms with Gasteiger partial charge in [-0.15, -0.1) is 0 Å². The molecule has 2 heterocycles. The molecular formula is C36H42N8O5S. The summed E-state index contributed by atoms with van der Waals surface area (Å²) in [5, 5.41) is 14.4. The van der Waals surface area contributed by atoms with Crippen molar-refractivity contribution in [1.29, 1.82) is 0 Å². The first kappa shape index (κ1) is 36.1. The maximum Gasteiger partial charge on any atom is 0.323 e. The Hall–Kier alpha value is -5.18. The second-order valence-corrected chi connectivity index (χ2v) is 13.9. The number of amides is 1. The van der Waals surface area contributed by atoms with Crippen LogP contribution in [0.1, 0.15) is 43.5 Å². The van der Waals surface area contributed by atoms with E-state index < -0.39 is 27.9 Å². The fourth-order valence-electron chi connectivity index (χ4n) is 5.58. The molecule has 3 N–H and O–H groups in total. The van der Waals surface area contributed by atoms with Crippen LogP contribution in [0.2, 0.25) is 0 Å². The van der Waals surface area contributed by atoms with Crippen LogP contribution >= 0.6 is 0 Å². The number of esters is 1. The zero-order chi connectivity index (χ0) is 36.2. The van der Waals surface area contributed by atoms with Crippen LogP contribution in [0.15, 0.2) is 83.9 Å². The smallest absolute Gasteiger partial charge is 0.323 e. The van der Waals surface area contributed by atoms with Crippen molar-refractivity contribution >= 4 is 55.9 Å². The minimum absolute atomic E-state index is 0.0124. The third-order valence-corrected chi connectivity index (χ3v) is 9.40. The van der Waals surface area contributed by atoms with Gasteiger partial charge in [0.15, 0.2) is 0 Å². The highest BCUT2D eigenvalue weighted by molar-refractivity contribution is 7.89. The number of hydrogen-bond acceptors (Lipinski definition) is 10. The van der Waals surface area contributed by atoms with Gasteiger partial charge in [-0.05, 0) is 67.8 Å². The third kappa shape index (κ3) is 8.33. The first-order valence-electron chi connectivity index (χ1n) is 16.2. The van der Waals surface area contributed by atoms with E-state index in [0.29, 0.717) is 11.4 Å². The van der Waals surface area contributed by atoms with Gasteiger partial charge in [0.25, 0.3) is 0 Å². The molecule has 13 nitrogen and oxygen atoms in total. The Morgan fingerprint density at radius 1 is 1.00 bits per heavy atom. The quantitative estimate of drug-likeness (QED) is 0.161. The number of aromatic nitrogens is 4. The Morgan fingerprint density at radius 3 is 2.42 bits per heavy atom. The molecule has 0 aliphatic heterocycles. The number of carbonyl (C=O) groups excluding carboxylic acids is 2. The number of nitrogens with two attached hydrogens (primary N) is 1. The summed E-state index contributed by atoms with van der Waals surface area (Å²) in [5.74, 6) is -0.472. The summed E-state index contributed by atoms with van der Waals surface area (Å²) in [7, 11) is -0.392. The van der Waals surface area contributed by atoms with E-state index >= 15 is 0 Å². The van der Waals surface area contributed by atoms with E-state index in [4.69, 9.17) is 14.9 Å². The van der Waals surface area contributed by atoms with Crippen molar-refractivity contribution < 1.29 is 22.7 Å².